The first-order chi connectivity index (χ1) is 24.1. The second-order valence-corrected chi connectivity index (χ2v) is 14.0. The Morgan fingerprint density at radius 3 is 1.24 bits per heavy atom. The van der Waals surface area contributed by atoms with Crippen LogP contribution < -0.4 is 0 Å². The van der Waals surface area contributed by atoms with E-state index in [0.717, 1.165) is 0 Å². The molecule has 49 heavy (non-hydrogen) atoms. The van der Waals surface area contributed by atoms with Crippen LogP contribution in [0, 0.1) is 0 Å². The molecule has 0 N–H and O–H groups in total. The Morgan fingerprint density at radius 2 is 0.694 bits per heavy atom. The van der Waals surface area contributed by atoms with Crippen molar-refractivity contribution in [3.8, 4) is 44.5 Å². The standard InChI is InChI=1S/C49H34/c1-49(2)43-26-14-25-34(46(43)47-37-19-8-6-17-35(37)36-18-7-13-24-42(36)48(47)49)31-27-29-33(30-28-31)45-40-22-11-9-20-38(40)44(32-15-4-3-5-16-32)39-21-10-12-23-41(39)45/h3-30H,1-2H3. The van der Waals surface area contributed by atoms with Crippen LogP contribution in [-0.2, 0) is 5.41 Å². The minimum atomic E-state index is -0.122. The van der Waals surface area contributed by atoms with Crippen LogP contribution in [0.1, 0.15) is 25.0 Å². The fourth-order valence-corrected chi connectivity index (χ4v) is 8.94. The van der Waals surface area contributed by atoms with Crippen molar-refractivity contribution < 1.29 is 0 Å². The van der Waals surface area contributed by atoms with E-state index in [1.54, 1.807) is 0 Å². The van der Waals surface area contributed by atoms with Crippen molar-refractivity contribution in [3.63, 3.8) is 0 Å². The van der Waals surface area contributed by atoms with Gasteiger partial charge in [-0.3, -0.25) is 0 Å². The van der Waals surface area contributed by atoms with E-state index in [-0.39, 0.29) is 5.41 Å². The smallest absolute Gasteiger partial charge is 0.0165 e. The predicted molar refractivity (Wildman–Crippen MR) is 210 cm³/mol. The number of rotatable bonds is 3. The number of fused-ring (bicyclic) bond motifs is 10. The van der Waals surface area contributed by atoms with Crippen molar-refractivity contribution in [2.75, 3.05) is 0 Å². The van der Waals surface area contributed by atoms with Gasteiger partial charge >= 0.3 is 0 Å². The van der Waals surface area contributed by atoms with Crippen LogP contribution in [-0.4, -0.2) is 0 Å². The fourth-order valence-electron chi connectivity index (χ4n) is 8.94. The third-order valence-electron chi connectivity index (χ3n) is 11.0. The molecule has 0 saturated heterocycles. The minimum absolute atomic E-state index is 0.122. The van der Waals surface area contributed by atoms with E-state index >= 15 is 0 Å². The van der Waals surface area contributed by atoms with E-state index in [0.29, 0.717) is 0 Å². The van der Waals surface area contributed by atoms with E-state index in [9.17, 15) is 0 Å². The average Bonchev–Trinajstić information content (AvgIpc) is 3.41. The van der Waals surface area contributed by atoms with Crippen molar-refractivity contribution in [1.82, 2.24) is 0 Å². The Morgan fingerprint density at radius 1 is 0.286 bits per heavy atom. The molecule has 0 spiro atoms. The number of hydrogen-bond donors (Lipinski definition) is 0. The first-order valence-electron chi connectivity index (χ1n) is 17.3. The highest BCUT2D eigenvalue weighted by Gasteiger charge is 2.39. The van der Waals surface area contributed by atoms with Crippen LogP contribution in [0.3, 0.4) is 0 Å². The van der Waals surface area contributed by atoms with Crippen LogP contribution in [0.25, 0.3) is 87.6 Å². The van der Waals surface area contributed by atoms with E-state index in [4.69, 9.17) is 0 Å². The lowest BCUT2D eigenvalue weighted by Gasteiger charge is -2.24. The van der Waals surface area contributed by atoms with Gasteiger partial charge < -0.3 is 0 Å². The third kappa shape index (κ3) is 3.98. The van der Waals surface area contributed by atoms with Gasteiger partial charge in [-0.2, -0.15) is 0 Å². The molecule has 0 saturated carbocycles. The van der Waals surface area contributed by atoms with Gasteiger partial charge in [0.15, 0.2) is 0 Å². The molecular formula is C49H34. The van der Waals surface area contributed by atoms with Crippen molar-refractivity contribution in [2.45, 2.75) is 19.3 Å². The quantitative estimate of drug-likeness (QED) is 0.136. The summed E-state index contributed by atoms with van der Waals surface area (Å²) in [6.07, 6.45) is 0. The van der Waals surface area contributed by atoms with Gasteiger partial charge in [-0.1, -0.05) is 184 Å². The molecule has 9 aromatic rings. The molecule has 230 valence electrons. The normalized spacial score (nSPS) is 13.3. The molecule has 0 heterocycles. The van der Waals surface area contributed by atoms with Crippen LogP contribution in [0.4, 0.5) is 0 Å². The minimum Gasteiger partial charge on any atom is -0.0622 e. The molecule has 0 nitrogen and oxygen atoms in total. The first-order valence-corrected chi connectivity index (χ1v) is 17.3. The molecule has 1 aliphatic rings. The molecule has 0 radical (unpaired) electrons. The molecule has 0 aliphatic heterocycles. The van der Waals surface area contributed by atoms with Crippen LogP contribution in [0.15, 0.2) is 170 Å². The van der Waals surface area contributed by atoms with Gasteiger partial charge in [0.05, 0.1) is 0 Å². The Labute approximate surface area is 286 Å². The van der Waals surface area contributed by atoms with Gasteiger partial charge in [0.1, 0.15) is 0 Å². The zero-order valence-electron chi connectivity index (χ0n) is 27.7. The zero-order chi connectivity index (χ0) is 32.7. The summed E-state index contributed by atoms with van der Waals surface area (Å²) in [6.45, 7) is 4.81. The van der Waals surface area contributed by atoms with Crippen LogP contribution in [0.2, 0.25) is 0 Å². The molecule has 0 atom stereocenters. The van der Waals surface area contributed by atoms with E-state index in [1.165, 1.54) is 98.7 Å². The van der Waals surface area contributed by atoms with E-state index < -0.39 is 0 Å². The summed E-state index contributed by atoms with van der Waals surface area (Å²) in [5, 5.41) is 10.5. The highest BCUT2D eigenvalue weighted by molar-refractivity contribution is 6.22. The topological polar surface area (TPSA) is 0 Å². The molecule has 1 aliphatic carbocycles. The van der Waals surface area contributed by atoms with Crippen molar-refractivity contribution >= 4 is 43.1 Å². The van der Waals surface area contributed by atoms with Gasteiger partial charge in [0.25, 0.3) is 0 Å². The Balaban J connectivity index is 1.20. The van der Waals surface area contributed by atoms with E-state index in [1.807, 2.05) is 0 Å². The first kappa shape index (κ1) is 28.1. The molecule has 0 bridgehead atoms. The summed E-state index contributed by atoms with van der Waals surface area (Å²) in [4.78, 5) is 0. The molecular weight excluding hydrogens is 589 g/mol. The van der Waals surface area contributed by atoms with Gasteiger partial charge in [-0.25, -0.2) is 0 Å². The van der Waals surface area contributed by atoms with Gasteiger partial charge in [-0.15, -0.1) is 0 Å². The lowest BCUT2D eigenvalue weighted by Crippen LogP contribution is -2.15. The van der Waals surface area contributed by atoms with Gasteiger partial charge in [-0.05, 0) is 98.7 Å². The summed E-state index contributed by atoms with van der Waals surface area (Å²) in [6, 6.07) is 62.9. The lowest BCUT2D eigenvalue weighted by atomic mass is 9.79. The Bertz CT molecular complexity index is 2710. The summed E-state index contributed by atoms with van der Waals surface area (Å²) in [7, 11) is 0. The second-order valence-electron chi connectivity index (χ2n) is 14.0. The SMILES string of the molecule is CC1(C)c2cccc(-c3ccc(-c4c5ccccc5c(-c5ccccc5)c5ccccc45)cc3)c2-c2c1c1ccccc1c1ccccc21. The maximum absolute atomic E-state index is 2.40. The third-order valence-corrected chi connectivity index (χ3v) is 11.0. The highest BCUT2D eigenvalue weighted by atomic mass is 14.4. The molecule has 0 amide bonds. The number of hydrogen-bond acceptors (Lipinski definition) is 0. The summed E-state index contributed by atoms with van der Waals surface area (Å²) in [5.74, 6) is 0. The molecule has 0 heteroatoms. The van der Waals surface area contributed by atoms with Crippen molar-refractivity contribution in [3.05, 3.63) is 181 Å². The van der Waals surface area contributed by atoms with Crippen molar-refractivity contribution in [1.29, 1.82) is 0 Å². The Hall–Kier alpha value is -5.98. The number of benzene rings is 9. The Kier molecular flexibility index (Phi) is 6.02. The van der Waals surface area contributed by atoms with Gasteiger partial charge in [0, 0.05) is 5.41 Å². The molecule has 9 aromatic carbocycles. The second kappa shape index (κ2) is 10.5. The predicted octanol–water partition coefficient (Wildman–Crippen LogP) is 13.6. The lowest BCUT2D eigenvalue weighted by molar-refractivity contribution is 0.666. The maximum Gasteiger partial charge on any atom is 0.0165 e. The van der Waals surface area contributed by atoms with E-state index in [2.05, 4.69) is 184 Å². The summed E-state index contributed by atoms with van der Waals surface area (Å²) >= 11 is 0. The molecule has 0 unspecified atom stereocenters. The largest absolute Gasteiger partial charge is 0.0622 e. The monoisotopic (exact) mass is 622 g/mol. The highest BCUT2D eigenvalue weighted by Crippen LogP contribution is 2.57. The van der Waals surface area contributed by atoms with Gasteiger partial charge in [0.2, 0.25) is 0 Å². The van der Waals surface area contributed by atoms with Crippen LogP contribution >= 0.6 is 0 Å². The summed E-state index contributed by atoms with van der Waals surface area (Å²) < 4.78 is 0. The molecule has 0 aromatic heterocycles. The van der Waals surface area contributed by atoms with Crippen LogP contribution in [0.5, 0.6) is 0 Å². The maximum atomic E-state index is 2.40. The zero-order valence-corrected chi connectivity index (χ0v) is 27.7. The fraction of sp³-hybridized carbons (Fsp3) is 0.0612. The average molecular weight is 623 g/mol. The molecule has 10 rings (SSSR count). The van der Waals surface area contributed by atoms with Crippen molar-refractivity contribution in [2.24, 2.45) is 0 Å². The summed E-state index contributed by atoms with van der Waals surface area (Å²) in [5.41, 5.74) is 13.1. The molecule has 0 fully saturated rings.